The van der Waals surface area contributed by atoms with Crippen molar-refractivity contribution in [2.75, 3.05) is 5.75 Å². The van der Waals surface area contributed by atoms with Crippen LogP contribution in [0.25, 0.3) is 11.4 Å². The van der Waals surface area contributed by atoms with Crippen LogP contribution in [0.15, 0.2) is 42.1 Å². The number of allylic oxidation sites excluding steroid dienone is 1. The molecule has 1 aromatic heterocycles. The van der Waals surface area contributed by atoms with Crippen LogP contribution < -0.4 is 5.32 Å². The lowest BCUT2D eigenvalue weighted by molar-refractivity contribution is -0.119. The van der Waals surface area contributed by atoms with Gasteiger partial charge in [-0.1, -0.05) is 36.4 Å². The van der Waals surface area contributed by atoms with Gasteiger partial charge in [0.15, 0.2) is 11.0 Å². The monoisotopic (exact) mass is 364 g/mol. The minimum atomic E-state index is -0.00412. The molecule has 1 amide bonds. The Balaban J connectivity index is 2.14. The van der Waals surface area contributed by atoms with Gasteiger partial charge in [-0.05, 0) is 37.6 Å². The van der Waals surface area contributed by atoms with Gasteiger partial charge in [-0.15, -0.1) is 16.8 Å². The fourth-order valence-corrected chi connectivity index (χ4v) is 2.94. The lowest BCUT2D eigenvalue weighted by Gasteiger charge is -2.11. The normalized spacial score (nSPS) is 12.0. The molecule has 0 saturated carbocycles. The molecule has 0 aliphatic rings. The number of thioether (sulfide) groups is 1. The molecular weight excluding hydrogens is 344 g/mol. The molecule has 1 N–H and O–H groups in total. The lowest BCUT2D eigenvalue weighted by atomic mass is 10.2. The number of carbonyl (C=O) groups excluding carboxylic acids is 1. The van der Waals surface area contributed by atoms with Gasteiger partial charge in [-0.2, -0.15) is 0 Å². The topological polar surface area (TPSA) is 59.8 Å². The van der Waals surface area contributed by atoms with Gasteiger partial charge in [-0.25, -0.2) is 0 Å². The second kappa shape index (κ2) is 8.89. The molecule has 24 heavy (non-hydrogen) atoms. The summed E-state index contributed by atoms with van der Waals surface area (Å²) in [4.78, 5) is 11.9. The van der Waals surface area contributed by atoms with Crippen LogP contribution in [0.2, 0.25) is 5.02 Å². The molecule has 0 aliphatic carbocycles. The van der Waals surface area contributed by atoms with Crippen molar-refractivity contribution in [1.29, 1.82) is 0 Å². The number of aromatic nitrogens is 3. The van der Waals surface area contributed by atoms with Crippen LogP contribution in [0.3, 0.4) is 0 Å². The van der Waals surface area contributed by atoms with Crippen molar-refractivity contribution in [2.24, 2.45) is 0 Å². The van der Waals surface area contributed by atoms with E-state index >= 15 is 0 Å². The molecule has 0 unspecified atom stereocenters. The van der Waals surface area contributed by atoms with E-state index in [0.29, 0.717) is 22.5 Å². The quantitative estimate of drug-likeness (QED) is 0.571. The zero-order valence-electron chi connectivity index (χ0n) is 13.8. The number of hydrogen-bond acceptors (Lipinski definition) is 4. The van der Waals surface area contributed by atoms with Crippen LogP contribution in [-0.4, -0.2) is 32.5 Å². The molecule has 1 heterocycles. The molecule has 0 saturated heterocycles. The second-order valence-electron chi connectivity index (χ2n) is 5.38. The van der Waals surface area contributed by atoms with Gasteiger partial charge in [0, 0.05) is 23.2 Å². The van der Waals surface area contributed by atoms with Crippen molar-refractivity contribution < 1.29 is 4.79 Å². The maximum absolute atomic E-state index is 11.9. The Bertz CT molecular complexity index is 699. The van der Waals surface area contributed by atoms with Gasteiger partial charge in [-0.3, -0.25) is 9.36 Å². The van der Waals surface area contributed by atoms with Crippen molar-refractivity contribution in [1.82, 2.24) is 20.1 Å². The van der Waals surface area contributed by atoms with E-state index in [1.165, 1.54) is 11.8 Å². The van der Waals surface area contributed by atoms with Gasteiger partial charge in [0.1, 0.15) is 0 Å². The number of benzene rings is 1. The fraction of sp³-hybridized carbons (Fsp3) is 0.353. The van der Waals surface area contributed by atoms with Crippen LogP contribution in [-0.2, 0) is 11.3 Å². The minimum Gasteiger partial charge on any atom is -0.353 e. The zero-order valence-corrected chi connectivity index (χ0v) is 15.4. The van der Waals surface area contributed by atoms with Crippen LogP contribution in [0.5, 0.6) is 0 Å². The molecule has 0 fully saturated rings. The highest BCUT2D eigenvalue weighted by Gasteiger charge is 2.15. The van der Waals surface area contributed by atoms with Crippen molar-refractivity contribution in [3.8, 4) is 11.4 Å². The Morgan fingerprint density at radius 2 is 2.12 bits per heavy atom. The maximum atomic E-state index is 11.9. The molecule has 5 nitrogen and oxygen atoms in total. The van der Waals surface area contributed by atoms with Crippen LogP contribution in [0, 0.1) is 0 Å². The van der Waals surface area contributed by atoms with E-state index in [9.17, 15) is 4.79 Å². The van der Waals surface area contributed by atoms with Gasteiger partial charge < -0.3 is 5.32 Å². The molecule has 0 aliphatic heterocycles. The Hall–Kier alpha value is -1.79. The van der Waals surface area contributed by atoms with Crippen molar-refractivity contribution >= 4 is 29.3 Å². The third kappa shape index (κ3) is 4.85. The minimum absolute atomic E-state index is 0.00412. The van der Waals surface area contributed by atoms with Crippen molar-refractivity contribution in [2.45, 2.75) is 38.0 Å². The van der Waals surface area contributed by atoms with E-state index in [-0.39, 0.29) is 11.9 Å². The highest BCUT2D eigenvalue weighted by Crippen LogP contribution is 2.25. The summed E-state index contributed by atoms with van der Waals surface area (Å²) in [7, 11) is 0. The third-order valence-corrected chi connectivity index (χ3v) is 4.70. The summed E-state index contributed by atoms with van der Waals surface area (Å²) in [6.45, 7) is 8.38. The summed E-state index contributed by atoms with van der Waals surface area (Å²) in [5, 5.41) is 12.8. The maximum Gasteiger partial charge on any atom is 0.230 e. The van der Waals surface area contributed by atoms with Gasteiger partial charge in [0.2, 0.25) is 5.91 Å². The molecule has 0 radical (unpaired) electrons. The van der Waals surface area contributed by atoms with Crippen molar-refractivity contribution in [3.63, 3.8) is 0 Å². The number of hydrogen-bond donors (Lipinski definition) is 1. The first kappa shape index (κ1) is 18.5. The molecule has 7 heteroatoms. The largest absolute Gasteiger partial charge is 0.353 e. The lowest BCUT2D eigenvalue weighted by Crippen LogP contribution is -2.33. The second-order valence-corrected chi connectivity index (χ2v) is 6.76. The summed E-state index contributed by atoms with van der Waals surface area (Å²) >= 11 is 7.31. The van der Waals surface area contributed by atoms with E-state index in [0.717, 1.165) is 17.8 Å². The fourth-order valence-electron chi connectivity index (χ4n) is 2.05. The first-order chi connectivity index (χ1) is 11.5. The first-order valence-electron chi connectivity index (χ1n) is 7.77. The Labute approximate surface area is 151 Å². The smallest absolute Gasteiger partial charge is 0.230 e. The predicted molar refractivity (Wildman–Crippen MR) is 99.3 cm³/mol. The third-order valence-electron chi connectivity index (χ3n) is 3.48. The van der Waals surface area contributed by atoms with E-state index in [4.69, 9.17) is 11.6 Å². The van der Waals surface area contributed by atoms with Crippen LogP contribution >= 0.6 is 23.4 Å². The Morgan fingerprint density at radius 3 is 2.75 bits per heavy atom. The van der Waals surface area contributed by atoms with Crippen molar-refractivity contribution in [3.05, 3.63) is 41.9 Å². The standard InChI is InChI=1S/C17H21ClN4OS/c1-4-10-22-16(13-6-8-14(18)9-7-13)20-21-17(22)24-11-15(23)19-12(3)5-2/h4,6-9,12H,1,5,10-11H2,2-3H3,(H,19,23)/t12-/m1/s1. The first-order valence-corrected chi connectivity index (χ1v) is 9.13. The van der Waals surface area contributed by atoms with Gasteiger partial charge in [0.05, 0.1) is 5.75 Å². The molecule has 0 spiro atoms. The van der Waals surface area contributed by atoms with Crippen LogP contribution in [0.4, 0.5) is 0 Å². The molecular formula is C17H21ClN4OS. The number of amides is 1. The van der Waals surface area contributed by atoms with E-state index in [1.54, 1.807) is 6.08 Å². The van der Waals surface area contributed by atoms with E-state index < -0.39 is 0 Å². The average Bonchev–Trinajstić information content (AvgIpc) is 2.97. The van der Waals surface area contributed by atoms with Crippen LogP contribution in [0.1, 0.15) is 20.3 Å². The summed E-state index contributed by atoms with van der Waals surface area (Å²) in [6.07, 6.45) is 2.69. The summed E-state index contributed by atoms with van der Waals surface area (Å²) in [6, 6.07) is 7.60. The molecule has 2 rings (SSSR count). The molecule has 1 atom stereocenters. The summed E-state index contributed by atoms with van der Waals surface area (Å²) in [5.41, 5.74) is 0.921. The molecule has 1 aromatic carbocycles. The predicted octanol–water partition coefficient (Wildman–Crippen LogP) is 3.79. The SMILES string of the molecule is C=CCn1c(SCC(=O)N[C@H](C)CC)nnc1-c1ccc(Cl)cc1. The number of nitrogens with one attached hydrogen (secondary N) is 1. The average molecular weight is 365 g/mol. The zero-order chi connectivity index (χ0) is 17.5. The van der Waals surface area contributed by atoms with E-state index in [1.807, 2.05) is 42.7 Å². The highest BCUT2D eigenvalue weighted by atomic mass is 35.5. The summed E-state index contributed by atoms with van der Waals surface area (Å²) < 4.78 is 1.94. The van der Waals surface area contributed by atoms with Gasteiger partial charge >= 0.3 is 0 Å². The number of nitrogens with zero attached hydrogens (tertiary/aromatic N) is 3. The molecule has 128 valence electrons. The molecule has 2 aromatic rings. The van der Waals surface area contributed by atoms with E-state index in [2.05, 4.69) is 22.1 Å². The number of carbonyl (C=O) groups is 1. The number of rotatable bonds is 8. The number of halogens is 1. The highest BCUT2D eigenvalue weighted by molar-refractivity contribution is 7.99. The Kier molecular flexibility index (Phi) is 6.87. The Morgan fingerprint density at radius 1 is 1.42 bits per heavy atom. The molecule has 0 bridgehead atoms. The summed E-state index contributed by atoms with van der Waals surface area (Å²) in [5.74, 6) is 1.03. The van der Waals surface area contributed by atoms with Gasteiger partial charge in [0.25, 0.3) is 0 Å².